The fourth-order valence-electron chi connectivity index (χ4n) is 3.32. The van der Waals surface area contributed by atoms with Crippen LogP contribution in [0.4, 0.5) is 17.5 Å². The Morgan fingerprint density at radius 2 is 2.17 bits per heavy atom. The number of sulfone groups is 1. The predicted octanol–water partition coefficient (Wildman–Crippen LogP) is 1.72. The van der Waals surface area contributed by atoms with Crippen LogP contribution in [0.15, 0.2) is 29.4 Å². The summed E-state index contributed by atoms with van der Waals surface area (Å²) in [5, 5.41) is 18.4. The molecule has 0 saturated carbocycles. The molecule has 1 aliphatic heterocycles. The summed E-state index contributed by atoms with van der Waals surface area (Å²) in [7, 11) is -3.51. The van der Waals surface area contributed by atoms with Gasteiger partial charge in [0.15, 0.2) is 20.7 Å². The number of hydrogen-bond donors (Lipinski definition) is 3. The molecular formula is C18H21N7O3S. The van der Waals surface area contributed by atoms with Crippen molar-refractivity contribution in [2.45, 2.75) is 18.0 Å². The van der Waals surface area contributed by atoms with Crippen molar-refractivity contribution in [2.75, 3.05) is 36.2 Å². The van der Waals surface area contributed by atoms with E-state index in [0.29, 0.717) is 53.7 Å². The second kappa shape index (κ2) is 7.41. The summed E-state index contributed by atoms with van der Waals surface area (Å²) < 4.78 is 29.7. The Kier molecular flexibility index (Phi) is 4.92. The van der Waals surface area contributed by atoms with E-state index < -0.39 is 9.84 Å². The number of hydrogen-bond acceptors (Lipinski definition) is 9. The first kappa shape index (κ1) is 19.3. The van der Waals surface area contributed by atoms with Gasteiger partial charge in [0.2, 0.25) is 0 Å². The van der Waals surface area contributed by atoms with Crippen molar-refractivity contribution >= 4 is 44.4 Å². The molecule has 0 amide bonds. The minimum atomic E-state index is -3.51. The molecule has 0 aromatic carbocycles. The third-order valence-corrected chi connectivity index (χ3v) is 5.74. The molecule has 11 heteroatoms. The number of anilines is 3. The lowest BCUT2D eigenvalue weighted by Crippen LogP contribution is -2.44. The quantitative estimate of drug-likeness (QED) is 0.536. The number of aromatic amines is 1. The first-order valence-corrected chi connectivity index (χ1v) is 10.9. The zero-order valence-electron chi connectivity index (χ0n) is 16.0. The van der Waals surface area contributed by atoms with Crippen LogP contribution in [0.3, 0.4) is 0 Å². The third kappa shape index (κ3) is 3.66. The molecule has 3 aromatic rings. The average molecular weight is 415 g/mol. The van der Waals surface area contributed by atoms with Gasteiger partial charge in [0, 0.05) is 36.7 Å². The molecule has 0 spiro atoms. The fraction of sp³-hybridized carbons (Fsp3) is 0.333. The second-order valence-electron chi connectivity index (χ2n) is 6.86. The van der Waals surface area contributed by atoms with Gasteiger partial charge in [-0.3, -0.25) is 5.10 Å². The molecule has 152 valence electrons. The lowest BCUT2D eigenvalue weighted by atomic mass is 10.1. The predicted molar refractivity (Wildman–Crippen MR) is 110 cm³/mol. The largest absolute Gasteiger partial charge is 0.377 e. The van der Waals surface area contributed by atoms with Gasteiger partial charge in [-0.2, -0.15) is 5.10 Å². The van der Waals surface area contributed by atoms with E-state index in [1.54, 1.807) is 18.3 Å². The Hall–Kier alpha value is -3.05. The minimum Gasteiger partial charge on any atom is -0.377 e. The van der Waals surface area contributed by atoms with Crippen LogP contribution in [0.1, 0.15) is 12.5 Å². The van der Waals surface area contributed by atoms with Crippen molar-refractivity contribution in [2.24, 2.45) is 0 Å². The van der Waals surface area contributed by atoms with Crippen molar-refractivity contribution in [3.63, 3.8) is 0 Å². The highest BCUT2D eigenvalue weighted by Gasteiger charge is 2.25. The Morgan fingerprint density at radius 1 is 1.34 bits per heavy atom. The van der Waals surface area contributed by atoms with Gasteiger partial charge in [-0.15, -0.1) is 0 Å². The van der Waals surface area contributed by atoms with Crippen LogP contribution in [0, 0.1) is 5.41 Å². The van der Waals surface area contributed by atoms with Gasteiger partial charge in [0.1, 0.15) is 11.6 Å². The minimum absolute atomic E-state index is 0.0500. The molecule has 10 nitrogen and oxygen atoms in total. The van der Waals surface area contributed by atoms with Crippen molar-refractivity contribution < 1.29 is 13.2 Å². The molecular weight excluding hydrogens is 394 g/mol. The van der Waals surface area contributed by atoms with E-state index >= 15 is 0 Å². The number of nitrogens with one attached hydrogen (secondary N) is 3. The summed E-state index contributed by atoms with van der Waals surface area (Å²) in [6.07, 6.45) is 3.90. The van der Waals surface area contributed by atoms with E-state index in [1.807, 2.05) is 6.92 Å². The van der Waals surface area contributed by atoms with Gasteiger partial charge < -0.3 is 20.4 Å². The Bertz CT molecular complexity index is 1160. The van der Waals surface area contributed by atoms with Gasteiger partial charge in [0.05, 0.1) is 30.3 Å². The summed E-state index contributed by atoms with van der Waals surface area (Å²) in [6, 6.07) is 4.99. The maximum atomic E-state index is 12.1. The monoisotopic (exact) mass is 415 g/mol. The third-order valence-electron chi connectivity index (χ3n) is 4.75. The van der Waals surface area contributed by atoms with Gasteiger partial charge in [0.25, 0.3) is 0 Å². The van der Waals surface area contributed by atoms with Crippen LogP contribution in [0.2, 0.25) is 0 Å². The van der Waals surface area contributed by atoms with Crippen LogP contribution in [0.5, 0.6) is 0 Å². The van der Waals surface area contributed by atoms with Crippen LogP contribution in [-0.2, 0) is 14.6 Å². The van der Waals surface area contributed by atoms with Gasteiger partial charge >= 0.3 is 0 Å². The van der Waals surface area contributed by atoms with Crippen molar-refractivity contribution in [1.82, 2.24) is 20.2 Å². The maximum Gasteiger partial charge on any atom is 0.192 e. The number of morpholine rings is 1. The van der Waals surface area contributed by atoms with Crippen molar-refractivity contribution in [1.29, 1.82) is 5.41 Å². The first-order valence-electron chi connectivity index (χ1n) is 9.05. The van der Waals surface area contributed by atoms with E-state index in [-0.39, 0.29) is 11.1 Å². The summed E-state index contributed by atoms with van der Waals surface area (Å²) >= 11 is 0. The normalized spacial score (nSPS) is 17.4. The molecule has 0 bridgehead atoms. The van der Waals surface area contributed by atoms with E-state index in [4.69, 9.17) is 15.1 Å². The van der Waals surface area contributed by atoms with E-state index in [2.05, 4.69) is 25.4 Å². The molecule has 1 fully saturated rings. The molecule has 29 heavy (non-hydrogen) atoms. The summed E-state index contributed by atoms with van der Waals surface area (Å²) in [4.78, 5) is 11.3. The van der Waals surface area contributed by atoms with Crippen LogP contribution in [-0.4, -0.2) is 66.9 Å². The van der Waals surface area contributed by atoms with Crippen LogP contribution in [0.25, 0.3) is 10.9 Å². The number of fused-ring (bicyclic) bond motifs is 1. The van der Waals surface area contributed by atoms with Crippen molar-refractivity contribution in [3.8, 4) is 0 Å². The topological polar surface area (TPSA) is 137 Å². The molecule has 4 rings (SSSR count). The maximum absolute atomic E-state index is 12.1. The van der Waals surface area contributed by atoms with Gasteiger partial charge in [-0.05, 0) is 19.1 Å². The summed E-state index contributed by atoms with van der Waals surface area (Å²) in [6.45, 7) is 3.81. The van der Waals surface area contributed by atoms with E-state index in [9.17, 15) is 8.42 Å². The lowest BCUT2D eigenvalue weighted by Gasteiger charge is -2.35. The number of rotatable bonds is 5. The molecule has 3 aromatic heterocycles. The molecule has 3 N–H and O–H groups in total. The lowest BCUT2D eigenvalue weighted by molar-refractivity contribution is 0.0987. The smallest absolute Gasteiger partial charge is 0.192 e. The molecule has 0 aliphatic carbocycles. The summed E-state index contributed by atoms with van der Waals surface area (Å²) in [5.74, 6) is 1.57. The highest BCUT2D eigenvalue weighted by molar-refractivity contribution is 7.90. The van der Waals surface area contributed by atoms with E-state index in [0.717, 1.165) is 12.5 Å². The van der Waals surface area contributed by atoms with Crippen LogP contribution >= 0.6 is 0 Å². The SMILES string of the molecule is C[C@@H]1COCCN1c1nc(Nc2cc[nH]n2)c(C=N)c2nc(S(C)(=O)=O)ccc12. The number of ether oxygens (including phenoxy) is 1. The molecule has 4 heterocycles. The Balaban J connectivity index is 1.98. The molecule has 0 unspecified atom stereocenters. The fourth-order valence-corrected chi connectivity index (χ4v) is 3.89. The Labute approximate surface area is 167 Å². The summed E-state index contributed by atoms with van der Waals surface area (Å²) in [5.41, 5.74) is 0.780. The van der Waals surface area contributed by atoms with E-state index in [1.165, 1.54) is 6.07 Å². The standard InChI is InChI=1S/C18H21N7O3S/c1-11-10-28-8-7-25(11)18-12-3-4-15(29(2,26)27)22-16(12)13(9-19)17(23-18)21-14-5-6-20-24-14/h3-6,9,11,19H,7-8,10H2,1-2H3,(H2,20,21,23,24)/t11-/m1/s1. The second-order valence-corrected chi connectivity index (χ2v) is 8.82. The molecule has 0 radical (unpaired) electrons. The molecule has 1 atom stereocenters. The zero-order valence-corrected chi connectivity index (χ0v) is 16.8. The average Bonchev–Trinajstić information content (AvgIpc) is 3.20. The highest BCUT2D eigenvalue weighted by Crippen LogP contribution is 2.33. The number of nitrogens with zero attached hydrogens (tertiary/aromatic N) is 4. The van der Waals surface area contributed by atoms with Crippen LogP contribution < -0.4 is 10.2 Å². The molecule has 1 saturated heterocycles. The molecule has 1 aliphatic rings. The van der Waals surface area contributed by atoms with Gasteiger partial charge in [-0.1, -0.05) is 0 Å². The highest BCUT2D eigenvalue weighted by atomic mass is 32.2. The Morgan fingerprint density at radius 3 is 2.83 bits per heavy atom. The number of aromatic nitrogens is 4. The first-order chi connectivity index (χ1) is 13.9. The van der Waals surface area contributed by atoms with Crippen molar-refractivity contribution in [3.05, 3.63) is 30.0 Å². The number of H-pyrrole nitrogens is 1. The number of pyridine rings is 2. The van der Waals surface area contributed by atoms with Gasteiger partial charge in [-0.25, -0.2) is 18.4 Å². The zero-order chi connectivity index (χ0) is 20.6.